The zero-order valence-corrected chi connectivity index (χ0v) is 20.8. The van der Waals surface area contributed by atoms with Gasteiger partial charge in [0, 0.05) is 30.6 Å². The largest absolute Gasteiger partial charge is 0.307 e. The van der Waals surface area contributed by atoms with Crippen molar-refractivity contribution in [1.82, 2.24) is 9.88 Å². The summed E-state index contributed by atoms with van der Waals surface area (Å²) in [5.74, 6) is -1.08. The Morgan fingerprint density at radius 2 is 1.79 bits per heavy atom. The van der Waals surface area contributed by atoms with Crippen molar-refractivity contribution < 1.29 is 13.2 Å². The molecule has 0 spiro atoms. The molecular weight excluding hydrogens is 515 g/mol. The molecule has 1 N–H and O–H groups in total. The minimum Gasteiger partial charge on any atom is -0.307 e. The molecule has 0 saturated carbocycles. The molecule has 0 aliphatic carbocycles. The number of hydrogen-bond acceptors (Lipinski definition) is 6. The molecule has 0 amide bonds. The summed E-state index contributed by atoms with van der Waals surface area (Å²) in [5, 5.41) is 5.15. The molecule has 0 unspecified atom stereocenters. The predicted octanol–water partition coefficient (Wildman–Crippen LogP) is 4.55. The van der Waals surface area contributed by atoms with E-state index in [9.17, 15) is 18.0 Å². The number of benzene rings is 2. The molecule has 5 rings (SSSR count). The van der Waals surface area contributed by atoms with Gasteiger partial charge in [-0.15, -0.1) is 11.3 Å². The Balaban J connectivity index is 1.45. The normalized spacial score (nSPS) is 13.4. The quantitative estimate of drug-likeness (QED) is 0.393. The van der Waals surface area contributed by atoms with Crippen molar-refractivity contribution in [1.29, 1.82) is 0 Å². The molecule has 0 atom stereocenters. The van der Waals surface area contributed by atoms with Crippen LogP contribution in [0.3, 0.4) is 0 Å². The van der Waals surface area contributed by atoms with Gasteiger partial charge in [0.05, 0.1) is 15.0 Å². The number of fused-ring (bicyclic) bond motifs is 3. The number of Topliss-reactive ketones (excluding diaryl/α,β-unsaturated/α-hetero) is 1. The highest BCUT2D eigenvalue weighted by molar-refractivity contribution is 7.94. The van der Waals surface area contributed by atoms with Crippen LogP contribution in [0.1, 0.15) is 16.8 Å². The lowest BCUT2D eigenvalue weighted by Crippen LogP contribution is -2.23. The number of aromatic nitrogens is 1. The van der Waals surface area contributed by atoms with Crippen LogP contribution in [0.25, 0.3) is 16.5 Å². The van der Waals surface area contributed by atoms with E-state index >= 15 is 0 Å². The fourth-order valence-corrected chi connectivity index (χ4v) is 7.38. The summed E-state index contributed by atoms with van der Waals surface area (Å²) in [6.07, 6.45) is -0.0926. The van der Waals surface area contributed by atoms with E-state index in [1.807, 2.05) is 18.2 Å². The van der Waals surface area contributed by atoms with E-state index in [0.717, 1.165) is 28.0 Å². The first-order valence-electron chi connectivity index (χ1n) is 10.4. The number of sulfone groups is 1. The molecule has 2 aromatic heterocycles. The number of hydrogen-bond donors (Lipinski definition) is 1. The fraction of sp³-hybridized carbons (Fsp3) is 0.167. The second-order valence-corrected chi connectivity index (χ2v) is 12.4. The third-order valence-electron chi connectivity index (χ3n) is 5.76. The lowest BCUT2D eigenvalue weighted by molar-refractivity contribution is -0.116. The summed E-state index contributed by atoms with van der Waals surface area (Å²) < 4.78 is 27.0. The first-order valence-corrected chi connectivity index (χ1v) is 13.6. The Hall–Kier alpha value is -2.49. The molecule has 10 heteroatoms. The highest BCUT2D eigenvalue weighted by atomic mass is 35.5. The summed E-state index contributed by atoms with van der Waals surface area (Å²) in [6, 6.07) is 15.4. The van der Waals surface area contributed by atoms with Crippen LogP contribution >= 0.6 is 34.5 Å². The van der Waals surface area contributed by atoms with E-state index in [1.165, 1.54) is 12.1 Å². The van der Waals surface area contributed by atoms with Gasteiger partial charge in [0.15, 0.2) is 15.6 Å². The van der Waals surface area contributed by atoms with Gasteiger partial charge < -0.3 is 5.32 Å². The number of rotatable bonds is 6. The molecule has 1 aliphatic heterocycles. The average molecular weight is 533 g/mol. The first-order chi connectivity index (χ1) is 16.2. The Morgan fingerprint density at radius 3 is 2.50 bits per heavy atom. The topological polar surface area (TPSA) is 85.2 Å². The zero-order chi connectivity index (χ0) is 24.0. The summed E-state index contributed by atoms with van der Waals surface area (Å²) in [4.78, 5) is 25.9. The van der Waals surface area contributed by atoms with Crippen molar-refractivity contribution in [3.63, 3.8) is 0 Å². The van der Waals surface area contributed by atoms with Crippen LogP contribution in [0, 0.1) is 0 Å². The monoisotopic (exact) mass is 532 g/mol. The maximum absolute atomic E-state index is 13.3. The predicted molar refractivity (Wildman–Crippen MR) is 135 cm³/mol. The molecule has 34 heavy (non-hydrogen) atoms. The zero-order valence-electron chi connectivity index (χ0n) is 17.7. The second-order valence-electron chi connectivity index (χ2n) is 8.03. The van der Waals surface area contributed by atoms with Crippen LogP contribution < -0.4 is 10.9 Å². The van der Waals surface area contributed by atoms with Crippen LogP contribution in [-0.4, -0.2) is 24.5 Å². The SMILES string of the molecule is O=C(Cc1ccc(-n2c3c(c4ccccc4c2=O)CNC3)c(Cl)c1)CS(=O)(=O)c1ccc(Cl)s1. The third-order valence-corrected chi connectivity index (χ3v) is 9.55. The van der Waals surface area contributed by atoms with E-state index in [1.54, 1.807) is 28.8 Å². The molecule has 174 valence electrons. The number of carbonyl (C=O) groups excluding carboxylic acids is 1. The first kappa shape index (κ1) is 23.3. The molecule has 0 saturated heterocycles. The highest BCUT2D eigenvalue weighted by Gasteiger charge is 2.24. The number of ketones is 1. The molecule has 0 fully saturated rings. The maximum atomic E-state index is 13.3. The fourth-order valence-electron chi connectivity index (χ4n) is 4.28. The van der Waals surface area contributed by atoms with E-state index < -0.39 is 21.4 Å². The lowest BCUT2D eigenvalue weighted by Gasteiger charge is -2.16. The molecular formula is C24H18Cl2N2O4S2. The smallest absolute Gasteiger partial charge is 0.263 e. The number of thiophene rings is 1. The second kappa shape index (κ2) is 8.94. The lowest BCUT2D eigenvalue weighted by atomic mass is 10.0. The minimum absolute atomic E-state index is 0.0670. The van der Waals surface area contributed by atoms with Crippen molar-refractivity contribution in [2.45, 2.75) is 23.7 Å². The van der Waals surface area contributed by atoms with E-state index in [0.29, 0.717) is 39.1 Å². The average Bonchev–Trinajstić information content (AvgIpc) is 3.44. The van der Waals surface area contributed by atoms with E-state index in [4.69, 9.17) is 23.2 Å². The molecule has 1 aliphatic rings. The minimum atomic E-state index is -3.75. The number of nitrogens with one attached hydrogen (secondary N) is 1. The number of halogens is 2. The summed E-state index contributed by atoms with van der Waals surface area (Å²) in [6.45, 7) is 1.20. The standard InChI is InChI=1S/C24H18Cl2N2O4S2/c25-19-10-14(9-15(29)13-34(31,32)23-8-7-22(26)33-23)5-6-20(19)28-21-12-27-11-18(21)16-3-1-2-4-17(16)24(28)30/h1-8,10,27H,9,11-13H2. The number of carbonyl (C=O) groups is 1. The van der Waals surface area contributed by atoms with Crippen molar-refractivity contribution in [3.05, 3.63) is 91.1 Å². The van der Waals surface area contributed by atoms with Crippen LogP contribution in [0.5, 0.6) is 0 Å². The number of pyridine rings is 1. The van der Waals surface area contributed by atoms with Crippen LogP contribution in [0.15, 0.2) is 63.6 Å². The molecule has 2 aromatic carbocycles. The van der Waals surface area contributed by atoms with Crippen molar-refractivity contribution in [2.75, 3.05) is 5.75 Å². The Kier molecular flexibility index (Phi) is 6.12. The van der Waals surface area contributed by atoms with Crippen molar-refractivity contribution >= 4 is 60.9 Å². The van der Waals surface area contributed by atoms with Gasteiger partial charge in [-0.2, -0.15) is 0 Å². The van der Waals surface area contributed by atoms with E-state index in [2.05, 4.69) is 5.32 Å². The van der Waals surface area contributed by atoms with Crippen molar-refractivity contribution in [3.8, 4) is 5.69 Å². The van der Waals surface area contributed by atoms with E-state index in [-0.39, 0.29) is 16.2 Å². The van der Waals surface area contributed by atoms with Gasteiger partial charge in [0.1, 0.15) is 9.96 Å². The Bertz CT molecular complexity index is 1620. The van der Waals surface area contributed by atoms with Gasteiger partial charge in [-0.05, 0) is 46.8 Å². The summed E-state index contributed by atoms with van der Waals surface area (Å²) in [7, 11) is -3.75. The maximum Gasteiger partial charge on any atom is 0.263 e. The van der Waals surface area contributed by atoms with Crippen LogP contribution in [0.2, 0.25) is 9.36 Å². The van der Waals surface area contributed by atoms with Gasteiger partial charge in [-0.1, -0.05) is 47.5 Å². The van der Waals surface area contributed by atoms with Crippen LogP contribution in [0.4, 0.5) is 0 Å². The molecule has 0 bridgehead atoms. The third kappa shape index (κ3) is 4.21. The van der Waals surface area contributed by atoms with Gasteiger partial charge in [-0.3, -0.25) is 14.2 Å². The molecule has 4 aromatic rings. The van der Waals surface area contributed by atoms with Gasteiger partial charge in [0.2, 0.25) is 0 Å². The Labute approximate surface area is 209 Å². The van der Waals surface area contributed by atoms with Crippen molar-refractivity contribution in [2.24, 2.45) is 0 Å². The molecule has 6 nitrogen and oxygen atoms in total. The summed E-state index contributed by atoms with van der Waals surface area (Å²) >= 11 is 13.3. The molecule has 3 heterocycles. The number of nitrogens with zero attached hydrogens (tertiary/aromatic N) is 1. The highest BCUT2D eigenvalue weighted by Crippen LogP contribution is 2.30. The Morgan fingerprint density at radius 1 is 1.03 bits per heavy atom. The van der Waals surface area contributed by atoms with Gasteiger partial charge in [-0.25, -0.2) is 8.42 Å². The van der Waals surface area contributed by atoms with Gasteiger partial charge in [0.25, 0.3) is 5.56 Å². The summed E-state index contributed by atoms with van der Waals surface area (Å²) in [5.41, 5.74) is 2.85. The van der Waals surface area contributed by atoms with Gasteiger partial charge >= 0.3 is 0 Å². The molecule has 0 radical (unpaired) electrons. The van der Waals surface area contributed by atoms with Crippen LogP contribution in [-0.2, 0) is 34.1 Å².